The van der Waals surface area contributed by atoms with E-state index < -0.39 is 0 Å². The fraction of sp³-hybridized carbons (Fsp3) is 0. The van der Waals surface area contributed by atoms with Gasteiger partial charge in [-0.1, -0.05) is 0 Å². The van der Waals surface area contributed by atoms with Crippen LogP contribution in [0.15, 0.2) is 17.8 Å². The van der Waals surface area contributed by atoms with Crippen LogP contribution < -0.4 is 5.73 Å². The van der Waals surface area contributed by atoms with Crippen molar-refractivity contribution >= 4 is 27.1 Å². The van der Waals surface area contributed by atoms with Gasteiger partial charge in [-0.2, -0.15) is 5.26 Å². The third kappa shape index (κ3) is 0.840. The Hall–Kier alpha value is -1.60. The minimum Gasteiger partial charge on any atom is -0.397 e. The van der Waals surface area contributed by atoms with Gasteiger partial charge in [0.05, 0.1) is 22.1 Å². The molecule has 12 heavy (non-hydrogen) atoms. The van der Waals surface area contributed by atoms with E-state index in [0.717, 1.165) is 10.1 Å². The number of hydrogen-bond acceptors (Lipinski definition) is 4. The van der Waals surface area contributed by atoms with Crippen molar-refractivity contribution in [2.75, 3.05) is 5.73 Å². The molecule has 0 aliphatic rings. The van der Waals surface area contributed by atoms with Gasteiger partial charge in [-0.3, -0.25) is 4.98 Å². The average Bonchev–Trinajstić information content (AvgIpc) is 2.49. The van der Waals surface area contributed by atoms with Crippen molar-refractivity contribution < 1.29 is 0 Å². The molecule has 2 rings (SSSR count). The van der Waals surface area contributed by atoms with Crippen molar-refractivity contribution in [3.05, 3.63) is 23.3 Å². The number of nitrogens with zero attached hydrogens (tertiary/aromatic N) is 2. The highest BCUT2D eigenvalue weighted by atomic mass is 32.1. The maximum atomic E-state index is 8.73. The van der Waals surface area contributed by atoms with Crippen LogP contribution in [-0.2, 0) is 0 Å². The van der Waals surface area contributed by atoms with Gasteiger partial charge >= 0.3 is 0 Å². The van der Waals surface area contributed by atoms with Gasteiger partial charge in [0, 0.05) is 17.0 Å². The second-order valence-corrected chi connectivity index (χ2v) is 3.27. The van der Waals surface area contributed by atoms with Crippen molar-refractivity contribution in [3.8, 4) is 6.07 Å². The normalized spacial score (nSPS) is 9.92. The Labute approximate surface area is 73.1 Å². The number of hydrogen-bond donors (Lipinski definition) is 1. The Morgan fingerprint density at radius 3 is 3.08 bits per heavy atom. The maximum absolute atomic E-state index is 8.73. The summed E-state index contributed by atoms with van der Waals surface area (Å²) in [4.78, 5) is 3.94. The van der Waals surface area contributed by atoms with Crippen LogP contribution >= 0.6 is 11.3 Å². The largest absolute Gasteiger partial charge is 0.397 e. The van der Waals surface area contributed by atoms with Crippen molar-refractivity contribution in [2.24, 2.45) is 0 Å². The van der Waals surface area contributed by atoms with Crippen LogP contribution in [0.2, 0.25) is 0 Å². The number of thiophene rings is 1. The highest BCUT2D eigenvalue weighted by Crippen LogP contribution is 2.28. The van der Waals surface area contributed by atoms with Crippen molar-refractivity contribution in [3.63, 3.8) is 0 Å². The molecule has 0 amide bonds. The lowest BCUT2D eigenvalue weighted by Crippen LogP contribution is -1.87. The molecule has 2 aromatic rings. The predicted molar refractivity (Wildman–Crippen MR) is 48.7 cm³/mol. The van der Waals surface area contributed by atoms with Crippen molar-refractivity contribution in [2.45, 2.75) is 0 Å². The van der Waals surface area contributed by atoms with E-state index in [1.54, 1.807) is 17.8 Å². The first kappa shape index (κ1) is 7.07. The topological polar surface area (TPSA) is 62.7 Å². The van der Waals surface area contributed by atoms with E-state index >= 15 is 0 Å². The van der Waals surface area contributed by atoms with E-state index in [0.29, 0.717) is 11.3 Å². The summed E-state index contributed by atoms with van der Waals surface area (Å²) in [5, 5.41) is 11.4. The lowest BCUT2D eigenvalue weighted by Gasteiger charge is -1.93. The number of anilines is 1. The fourth-order valence-electron chi connectivity index (χ4n) is 1.10. The molecule has 0 radical (unpaired) electrons. The van der Waals surface area contributed by atoms with Gasteiger partial charge in [-0.15, -0.1) is 11.3 Å². The van der Waals surface area contributed by atoms with Crippen LogP contribution in [0.25, 0.3) is 10.1 Å². The number of rotatable bonds is 0. The summed E-state index contributed by atoms with van der Waals surface area (Å²) >= 11 is 1.49. The number of pyridine rings is 1. The lowest BCUT2D eigenvalue weighted by molar-refractivity contribution is 1.37. The van der Waals surface area contributed by atoms with E-state index in [1.807, 2.05) is 0 Å². The molecule has 2 aromatic heterocycles. The fourth-order valence-corrected chi connectivity index (χ4v) is 1.98. The van der Waals surface area contributed by atoms with Gasteiger partial charge in [-0.25, -0.2) is 0 Å². The minimum absolute atomic E-state index is 0.574. The summed E-state index contributed by atoms with van der Waals surface area (Å²) in [6.45, 7) is 0. The Balaban J connectivity index is 2.95. The van der Waals surface area contributed by atoms with E-state index in [9.17, 15) is 0 Å². The Bertz CT molecular complexity index is 467. The molecule has 0 aromatic carbocycles. The first-order valence-electron chi connectivity index (χ1n) is 3.33. The van der Waals surface area contributed by atoms with Gasteiger partial charge in [0.2, 0.25) is 0 Å². The van der Waals surface area contributed by atoms with E-state index in [4.69, 9.17) is 11.0 Å². The summed E-state index contributed by atoms with van der Waals surface area (Å²) in [7, 11) is 0. The van der Waals surface area contributed by atoms with Crippen LogP contribution in [0.4, 0.5) is 5.69 Å². The molecule has 2 heterocycles. The van der Waals surface area contributed by atoms with Crippen molar-refractivity contribution in [1.82, 2.24) is 4.98 Å². The van der Waals surface area contributed by atoms with E-state index in [1.165, 1.54) is 11.3 Å². The molecule has 0 fully saturated rings. The molecule has 0 saturated carbocycles. The second kappa shape index (κ2) is 2.47. The third-order valence-corrected chi connectivity index (χ3v) is 2.55. The van der Waals surface area contributed by atoms with Gasteiger partial charge < -0.3 is 5.73 Å². The number of fused-ring (bicyclic) bond motifs is 1. The van der Waals surface area contributed by atoms with Crippen LogP contribution in [0, 0.1) is 11.3 Å². The zero-order valence-corrected chi connectivity index (χ0v) is 6.93. The van der Waals surface area contributed by atoms with Gasteiger partial charge in [-0.05, 0) is 0 Å². The maximum Gasteiger partial charge on any atom is 0.101 e. The molecule has 0 spiro atoms. The molecule has 2 N–H and O–H groups in total. The Morgan fingerprint density at radius 2 is 2.33 bits per heavy atom. The summed E-state index contributed by atoms with van der Waals surface area (Å²) in [5.74, 6) is 0. The van der Waals surface area contributed by atoms with Crippen molar-refractivity contribution in [1.29, 1.82) is 5.26 Å². The smallest absolute Gasteiger partial charge is 0.101 e. The monoisotopic (exact) mass is 175 g/mol. The van der Waals surface area contributed by atoms with Crippen LogP contribution in [-0.4, -0.2) is 4.98 Å². The van der Waals surface area contributed by atoms with Gasteiger partial charge in [0.25, 0.3) is 0 Å². The minimum atomic E-state index is 0.574. The quantitative estimate of drug-likeness (QED) is 0.663. The third-order valence-electron chi connectivity index (χ3n) is 1.63. The Morgan fingerprint density at radius 1 is 1.50 bits per heavy atom. The summed E-state index contributed by atoms with van der Waals surface area (Å²) < 4.78 is 0.964. The van der Waals surface area contributed by atoms with E-state index in [2.05, 4.69) is 11.1 Å². The lowest BCUT2D eigenvalue weighted by atomic mass is 10.2. The SMILES string of the molecule is N#Cc1csc2cncc(N)c12. The zero-order valence-electron chi connectivity index (χ0n) is 6.11. The van der Waals surface area contributed by atoms with Crippen LogP contribution in [0.1, 0.15) is 5.56 Å². The van der Waals surface area contributed by atoms with Crippen LogP contribution in [0.5, 0.6) is 0 Å². The highest BCUT2D eigenvalue weighted by Gasteiger charge is 2.05. The summed E-state index contributed by atoms with van der Waals surface area (Å²) in [6, 6.07) is 2.09. The second-order valence-electron chi connectivity index (χ2n) is 2.36. The summed E-state index contributed by atoms with van der Waals surface area (Å²) in [5.41, 5.74) is 6.88. The highest BCUT2D eigenvalue weighted by molar-refractivity contribution is 7.17. The first-order valence-corrected chi connectivity index (χ1v) is 4.21. The van der Waals surface area contributed by atoms with E-state index in [-0.39, 0.29) is 0 Å². The predicted octanol–water partition coefficient (Wildman–Crippen LogP) is 1.75. The molecule has 0 aliphatic carbocycles. The Kier molecular flexibility index (Phi) is 1.45. The standard InChI is InChI=1S/C8H5N3S/c9-1-5-4-12-7-3-11-2-6(10)8(5)7/h2-4H,10H2. The molecule has 0 aliphatic heterocycles. The summed E-state index contributed by atoms with van der Waals surface area (Å²) in [6.07, 6.45) is 3.28. The van der Waals surface area contributed by atoms with Crippen LogP contribution in [0.3, 0.4) is 0 Å². The molecule has 0 bridgehead atoms. The number of nitrogens with two attached hydrogens (primary N) is 1. The molecule has 3 nitrogen and oxygen atoms in total. The molecular weight excluding hydrogens is 170 g/mol. The molecule has 0 saturated heterocycles. The molecular formula is C8H5N3S. The van der Waals surface area contributed by atoms with Gasteiger partial charge in [0.15, 0.2) is 0 Å². The zero-order chi connectivity index (χ0) is 8.55. The average molecular weight is 175 g/mol. The van der Waals surface area contributed by atoms with Gasteiger partial charge in [0.1, 0.15) is 6.07 Å². The molecule has 58 valence electrons. The first-order chi connectivity index (χ1) is 5.83. The molecule has 0 unspecified atom stereocenters. The number of nitrogen functional groups attached to an aromatic ring is 1. The molecule has 0 atom stereocenters. The number of nitriles is 1. The number of aromatic nitrogens is 1. The molecule has 4 heteroatoms.